The standard InChI is InChI=1S/C35H45F3N2O5/c1-21(33(41)43-7)20-40-22(2)17-27-26-19-25(37)10-9-24(26)18-28(27)32(40)31-23(3)30(12-11-29(31)38)44-16-15-39(14-8-13-36)34(42)45-35(4,5)6/h9-12,19,21-22,32H,8,13-18,20H2,1-7H3/t21-,22-,32+/m1/s1. The highest BCUT2D eigenvalue weighted by Crippen LogP contribution is 2.50. The Morgan fingerprint density at radius 1 is 1.13 bits per heavy atom. The smallest absolute Gasteiger partial charge is 0.410 e. The van der Waals surface area contributed by atoms with Crippen molar-refractivity contribution < 1.29 is 37.0 Å². The molecule has 1 aliphatic heterocycles. The molecule has 2 aromatic carbocycles. The Bertz CT molecular complexity index is 1440. The third kappa shape index (κ3) is 7.83. The summed E-state index contributed by atoms with van der Waals surface area (Å²) in [5, 5.41) is 0. The largest absolute Gasteiger partial charge is 0.491 e. The number of ether oxygens (including phenoxy) is 3. The molecule has 0 spiro atoms. The number of hydrogen-bond acceptors (Lipinski definition) is 6. The summed E-state index contributed by atoms with van der Waals surface area (Å²) in [4.78, 5) is 28.8. The van der Waals surface area contributed by atoms with Crippen LogP contribution in [-0.4, -0.2) is 73.5 Å². The molecule has 0 radical (unpaired) electrons. The summed E-state index contributed by atoms with van der Waals surface area (Å²) in [6.45, 7) is 11.1. The minimum absolute atomic E-state index is 0.0836. The minimum atomic E-state index is -0.706. The van der Waals surface area contributed by atoms with Crippen molar-refractivity contribution in [3.05, 3.63) is 69.8 Å². The Balaban J connectivity index is 1.68. The van der Waals surface area contributed by atoms with Crippen LogP contribution in [0.1, 0.15) is 75.8 Å². The number of hydrogen-bond donors (Lipinski definition) is 0. The zero-order valence-corrected chi connectivity index (χ0v) is 27.3. The van der Waals surface area contributed by atoms with E-state index in [1.54, 1.807) is 52.8 Å². The van der Waals surface area contributed by atoms with E-state index in [1.807, 2.05) is 6.92 Å². The number of carbonyl (C=O) groups is 2. The topological polar surface area (TPSA) is 68.3 Å². The molecule has 0 bridgehead atoms. The van der Waals surface area contributed by atoms with Crippen LogP contribution in [0.3, 0.4) is 0 Å². The van der Waals surface area contributed by atoms with Gasteiger partial charge in [0, 0.05) is 24.7 Å². The molecule has 3 atom stereocenters. The summed E-state index contributed by atoms with van der Waals surface area (Å²) in [5.74, 6) is -1.10. The summed E-state index contributed by atoms with van der Waals surface area (Å²) < 4.78 is 60.0. The van der Waals surface area contributed by atoms with Gasteiger partial charge in [0.1, 0.15) is 29.6 Å². The maximum absolute atomic E-state index is 16.0. The molecule has 1 heterocycles. The number of rotatable bonds is 11. The molecule has 1 aliphatic carbocycles. The number of carbonyl (C=O) groups excluding carboxylic acids is 2. The number of nitrogens with zero attached hydrogens (tertiary/aromatic N) is 2. The first-order chi connectivity index (χ1) is 21.2. The Morgan fingerprint density at radius 2 is 1.87 bits per heavy atom. The highest BCUT2D eigenvalue weighted by atomic mass is 19.1. The first kappa shape index (κ1) is 34.3. The quantitative estimate of drug-likeness (QED) is 0.245. The van der Waals surface area contributed by atoms with Crippen molar-refractivity contribution in [3.63, 3.8) is 0 Å². The van der Waals surface area contributed by atoms with E-state index in [-0.39, 0.29) is 43.9 Å². The number of methoxy groups -OCH3 is 1. The average molecular weight is 631 g/mol. The Kier molecular flexibility index (Phi) is 10.9. The van der Waals surface area contributed by atoms with Crippen LogP contribution in [0.2, 0.25) is 0 Å². The lowest BCUT2D eigenvalue weighted by molar-refractivity contribution is -0.145. The Morgan fingerprint density at radius 3 is 2.53 bits per heavy atom. The van der Waals surface area contributed by atoms with Crippen LogP contribution in [0, 0.1) is 24.5 Å². The highest BCUT2D eigenvalue weighted by molar-refractivity contribution is 5.79. The van der Waals surface area contributed by atoms with Crippen molar-refractivity contribution in [2.24, 2.45) is 5.92 Å². The van der Waals surface area contributed by atoms with Gasteiger partial charge in [-0.1, -0.05) is 13.0 Å². The predicted molar refractivity (Wildman–Crippen MR) is 167 cm³/mol. The van der Waals surface area contributed by atoms with E-state index in [0.717, 1.165) is 22.3 Å². The first-order valence-electron chi connectivity index (χ1n) is 15.6. The fourth-order valence-corrected chi connectivity index (χ4v) is 6.36. The second-order valence-electron chi connectivity index (χ2n) is 13.0. The third-order valence-corrected chi connectivity index (χ3v) is 8.50. The van der Waals surface area contributed by atoms with Gasteiger partial charge in [0.05, 0.1) is 32.3 Å². The van der Waals surface area contributed by atoms with Gasteiger partial charge in [0.25, 0.3) is 0 Å². The molecule has 246 valence electrons. The van der Waals surface area contributed by atoms with E-state index in [2.05, 4.69) is 4.90 Å². The van der Waals surface area contributed by atoms with Gasteiger partial charge in [-0.2, -0.15) is 0 Å². The number of amides is 1. The zero-order chi connectivity index (χ0) is 33.1. The van der Waals surface area contributed by atoms with Crippen molar-refractivity contribution >= 4 is 17.6 Å². The van der Waals surface area contributed by atoms with Gasteiger partial charge in [-0.3, -0.25) is 14.1 Å². The number of esters is 1. The number of alkyl halides is 1. The number of benzene rings is 2. The summed E-state index contributed by atoms with van der Waals surface area (Å²) in [7, 11) is 1.35. The van der Waals surface area contributed by atoms with E-state index in [1.165, 1.54) is 24.1 Å². The van der Waals surface area contributed by atoms with Crippen molar-refractivity contribution in [2.45, 2.75) is 78.5 Å². The van der Waals surface area contributed by atoms with Crippen LogP contribution in [0.5, 0.6) is 5.75 Å². The highest BCUT2D eigenvalue weighted by Gasteiger charge is 2.42. The summed E-state index contributed by atoms with van der Waals surface area (Å²) >= 11 is 0. The van der Waals surface area contributed by atoms with Crippen LogP contribution < -0.4 is 4.74 Å². The SMILES string of the molecule is COC(=O)[C@H](C)CN1[C@H](C)CC2=C(Cc3ccc(F)cc32)[C@H]1c1c(F)ccc(OCCN(CCCF)C(=O)OC(C)(C)C)c1C. The van der Waals surface area contributed by atoms with E-state index in [4.69, 9.17) is 14.2 Å². The average Bonchev–Trinajstić information content (AvgIpc) is 3.32. The summed E-state index contributed by atoms with van der Waals surface area (Å²) in [6.07, 6.45) is 0.781. The second-order valence-corrected chi connectivity index (χ2v) is 13.0. The Hall–Kier alpha value is -3.53. The van der Waals surface area contributed by atoms with E-state index in [9.17, 15) is 18.4 Å². The van der Waals surface area contributed by atoms with Crippen LogP contribution in [0.25, 0.3) is 5.57 Å². The van der Waals surface area contributed by atoms with Crippen LogP contribution in [-0.2, 0) is 20.7 Å². The van der Waals surface area contributed by atoms with Gasteiger partial charge < -0.3 is 19.1 Å². The molecule has 0 saturated carbocycles. The monoisotopic (exact) mass is 630 g/mol. The fraction of sp³-hybridized carbons (Fsp3) is 0.543. The summed E-state index contributed by atoms with van der Waals surface area (Å²) in [5.41, 5.74) is 4.14. The van der Waals surface area contributed by atoms with Gasteiger partial charge >= 0.3 is 12.1 Å². The molecule has 0 fully saturated rings. The second kappa shape index (κ2) is 14.3. The number of halogens is 3. The molecule has 2 aliphatic rings. The normalized spacial score (nSPS) is 18.7. The van der Waals surface area contributed by atoms with Crippen molar-refractivity contribution in [1.82, 2.24) is 9.80 Å². The van der Waals surface area contributed by atoms with Gasteiger partial charge in [-0.15, -0.1) is 0 Å². The van der Waals surface area contributed by atoms with Crippen LogP contribution in [0.15, 0.2) is 35.9 Å². The molecule has 10 heteroatoms. The predicted octanol–water partition coefficient (Wildman–Crippen LogP) is 7.20. The van der Waals surface area contributed by atoms with Crippen molar-refractivity contribution in [2.75, 3.05) is 40.0 Å². The molecular weight excluding hydrogens is 585 g/mol. The molecule has 1 amide bonds. The maximum Gasteiger partial charge on any atom is 0.410 e. The van der Waals surface area contributed by atoms with E-state index >= 15 is 4.39 Å². The van der Waals surface area contributed by atoms with E-state index in [0.29, 0.717) is 36.3 Å². The molecule has 0 unspecified atom stereocenters. The molecule has 0 N–H and O–H groups in total. The lowest BCUT2D eigenvalue weighted by Crippen LogP contribution is -2.45. The minimum Gasteiger partial charge on any atom is -0.491 e. The molecular formula is C35H45F3N2O5. The van der Waals surface area contributed by atoms with Crippen molar-refractivity contribution in [3.8, 4) is 5.75 Å². The zero-order valence-electron chi connectivity index (χ0n) is 27.3. The van der Waals surface area contributed by atoms with Gasteiger partial charge in [-0.25, -0.2) is 13.6 Å². The Labute approximate surface area is 264 Å². The lowest BCUT2D eigenvalue weighted by Gasteiger charge is -2.43. The first-order valence-corrected chi connectivity index (χ1v) is 15.6. The number of fused-ring (bicyclic) bond motifs is 2. The van der Waals surface area contributed by atoms with Crippen LogP contribution in [0.4, 0.5) is 18.0 Å². The molecule has 0 saturated heterocycles. The van der Waals surface area contributed by atoms with Gasteiger partial charge in [0.15, 0.2) is 0 Å². The van der Waals surface area contributed by atoms with Gasteiger partial charge in [-0.05, 0) is 106 Å². The molecule has 4 rings (SSSR count). The van der Waals surface area contributed by atoms with Gasteiger partial charge in [0.2, 0.25) is 0 Å². The van der Waals surface area contributed by atoms with E-state index < -0.39 is 36.1 Å². The molecule has 2 aromatic rings. The third-order valence-electron chi connectivity index (χ3n) is 8.50. The fourth-order valence-electron chi connectivity index (χ4n) is 6.36. The maximum atomic E-state index is 16.0. The van der Waals surface area contributed by atoms with Crippen LogP contribution >= 0.6 is 0 Å². The summed E-state index contributed by atoms with van der Waals surface area (Å²) in [6, 6.07) is 7.10. The van der Waals surface area contributed by atoms with Crippen molar-refractivity contribution in [1.29, 1.82) is 0 Å². The molecule has 7 nitrogen and oxygen atoms in total. The molecule has 45 heavy (non-hydrogen) atoms. The lowest BCUT2D eigenvalue weighted by atomic mass is 9.83. The molecule has 0 aromatic heterocycles.